The predicted octanol–water partition coefficient (Wildman–Crippen LogP) is 5.52. The van der Waals surface area contributed by atoms with Crippen LogP contribution in [0.2, 0.25) is 5.02 Å². The molecule has 3 rings (SSSR count). The standard InChI is InChI=1S/C24H25ClN2O6/c1-14(2)32-21-9-6-17(12-19(21)25)26-23(28)20-13-22(33-27-20)16-4-7-18(8-5-16)31-11-10-15(3)24(29)30/h4-9,12-15H,10-11H2,1-3H3,(H,26,28)(H,29,30). The average Bonchev–Trinajstić information content (AvgIpc) is 3.26. The Kier molecular flexibility index (Phi) is 7.95. The smallest absolute Gasteiger partial charge is 0.306 e. The van der Waals surface area contributed by atoms with Crippen molar-refractivity contribution in [2.24, 2.45) is 5.92 Å². The Hall–Kier alpha value is -3.52. The molecule has 0 saturated heterocycles. The first-order valence-corrected chi connectivity index (χ1v) is 10.8. The molecular formula is C24H25ClN2O6. The van der Waals surface area contributed by atoms with E-state index in [0.717, 1.165) is 0 Å². The maximum absolute atomic E-state index is 12.5. The summed E-state index contributed by atoms with van der Waals surface area (Å²) in [7, 11) is 0. The third-order valence-electron chi connectivity index (χ3n) is 4.68. The van der Waals surface area contributed by atoms with E-state index >= 15 is 0 Å². The average molecular weight is 473 g/mol. The molecule has 1 heterocycles. The summed E-state index contributed by atoms with van der Waals surface area (Å²) in [6, 6.07) is 13.6. The number of benzene rings is 2. The van der Waals surface area contributed by atoms with E-state index < -0.39 is 17.8 Å². The molecule has 1 atom stereocenters. The van der Waals surface area contributed by atoms with Gasteiger partial charge in [0.05, 0.1) is 23.7 Å². The van der Waals surface area contributed by atoms with E-state index in [1.165, 1.54) is 6.07 Å². The minimum atomic E-state index is -0.848. The third-order valence-corrected chi connectivity index (χ3v) is 4.97. The largest absolute Gasteiger partial charge is 0.494 e. The minimum absolute atomic E-state index is 0.0160. The summed E-state index contributed by atoms with van der Waals surface area (Å²) in [5.41, 5.74) is 1.34. The lowest BCUT2D eigenvalue weighted by Gasteiger charge is -2.12. The second kappa shape index (κ2) is 10.9. The molecule has 0 aliphatic rings. The lowest BCUT2D eigenvalue weighted by Crippen LogP contribution is -2.13. The van der Waals surface area contributed by atoms with Gasteiger partial charge >= 0.3 is 5.97 Å². The molecule has 0 spiro atoms. The molecule has 3 aromatic rings. The van der Waals surface area contributed by atoms with Crippen molar-refractivity contribution < 1.29 is 28.7 Å². The number of nitrogens with zero attached hydrogens (tertiary/aromatic N) is 1. The summed E-state index contributed by atoms with van der Waals surface area (Å²) < 4.78 is 16.5. The summed E-state index contributed by atoms with van der Waals surface area (Å²) in [5, 5.41) is 15.9. The molecule has 1 amide bonds. The fraction of sp³-hybridized carbons (Fsp3) is 0.292. The Morgan fingerprint density at radius 3 is 2.48 bits per heavy atom. The second-order valence-electron chi connectivity index (χ2n) is 7.74. The van der Waals surface area contributed by atoms with Gasteiger partial charge < -0.3 is 24.4 Å². The Bertz CT molecular complexity index is 1110. The Labute approximate surface area is 196 Å². The van der Waals surface area contributed by atoms with E-state index in [2.05, 4.69) is 10.5 Å². The van der Waals surface area contributed by atoms with Gasteiger partial charge in [-0.05, 0) is 62.7 Å². The normalized spacial score (nSPS) is 11.8. The number of anilines is 1. The van der Waals surface area contributed by atoms with Crippen molar-refractivity contribution in [3.8, 4) is 22.8 Å². The molecule has 1 aromatic heterocycles. The number of carboxylic acid groups (broad SMARTS) is 1. The van der Waals surface area contributed by atoms with E-state index in [1.54, 1.807) is 49.4 Å². The molecule has 2 aromatic carbocycles. The van der Waals surface area contributed by atoms with Crippen LogP contribution in [-0.4, -0.2) is 34.9 Å². The van der Waals surface area contributed by atoms with Crippen molar-refractivity contribution in [1.82, 2.24) is 5.16 Å². The molecule has 33 heavy (non-hydrogen) atoms. The Balaban J connectivity index is 1.59. The number of carboxylic acids is 1. The zero-order valence-corrected chi connectivity index (χ0v) is 19.3. The molecule has 0 aliphatic heterocycles. The summed E-state index contributed by atoms with van der Waals surface area (Å²) in [5.74, 6) is -0.187. The highest BCUT2D eigenvalue weighted by Crippen LogP contribution is 2.29. The van der Waals surface area contributed by atoms with E-state index in [9.17, 15) is 9.59 Å². The number of amides is 1. The molecule has 2 N–H and O–H groups in total. The molecule has 0 aliphatic carbocycles. The summed E-state index contributed by atoms with van der Waals surface area (Å²) >= 11 is 6.21. The van der Waals surface area contributed by atoms with Gasteiger partial charge in [0.15, 0.2) is 11.5 Å². The zero-order chi connectivity index (χ0) is 24.0. The van der Waals surface area contributed by atoms with Crippen molar-refractivity contribution >= 4 is 29.2 Å². The van der Waals surface area contributed by atoms with Crippen molar-refractivity contribution in [2.45, 2.75) is 33.3 Å². The van der Waals surface area contributed by atoms with Crippen LogP contribution < -0.4 is 14.8 Å². The van der Waals surface area contributed by atoms with Crippen molar-refractivity contribution in [3.63, 3.8) is 0 Å². The van der Waals surface area contributed by atoms with Crippen molar-refractivity contribution in [1.29, 1.82) is 0 Å². The lowest BCUT2D eigenvalue weighted by molar-refractivity contribution is -0.141. The number of hydrogen-bond donors (Lipinski definition) is 2. The van der Waals surface area contributed by atoms with Gasteiger partial charge in [0.25, 0.3) is 5.91 Å². The Morgan fingerprint density at radius 1 is 1.12 bits per heavy atom. The first-order chi connectivity index (χ1) is 15.7. The van der Waals surface area contributed by atoms with E-state index in [0.29, 0.717) is 46.6 Å². The van der Waals surface area contributed by atoms with Gasteiger partial charge in [0.1, 0.15) is 11.5 Å². The van der Waals surface area contributed by atoms with Gasteiger partial charge in [0.2, 0.25) is 0 Å². The Morgan fingerprint density at radius 2 is 1.85 bits per heavy atom. The monoisotopic (exact) mass is 472 g/mol. The highest BCUT2D eigenvalue weighted by Gasteiger charge is 2.15. The number of aliphatic carboxylic acids is 1. The number of carbonyl (C=O) groups is 2. The van der Waals surface area contributed by atoms with Crippen LogP contribution in [0, 0.1) is 5.92 Å². The van der Waals surface area contributed by atoms with Crippen LogP contribution in [0.15, 0.2) is 53.1 Å². The number of carbonyl (C=O) groups excluding carboxylic acids is 1. The lowest BCUT2D eigenvalue weighted by atomic mass is 10.1. The van der Waals surface area contributed by atoms with Gasteiger partial charge in [-0.2, -0.15) is 0 Å². The summed E-state index contributed by atoms with van der Waals surface area (Å²) in [6.45, 7) is 5.74. The first kappa shape index (κ1) is 24.1. The molecule has 9 heteroatoms. The first-order valence-electron chi connectivity index (χ1n) is 10.4. The van der Waals surface area contributed by atoms with Gasteiger partial charge in [-0.3, -0.25) is 9.59 Å². The second-order valence-corrected chi connectivity index (χ2v) is 8.15. The fourth-order valence-electron chi connectivity index (χ4n) is 2.83. The molecule has 0 saturated carbocycles. The van der Waals surface area contributed by atoms with Gasteiger partial charge in [0, 0.05) is 17.3 Å². The van der Waals surface area contributed by atoms with E-state index in [-0.39, 0.29) is 11.8 Å². The van der Waals surface area contributed by atoms with Crippen LogP contribution in [-0.2, 0) is 4.79 Å². The number of aromatic nitrogens is 1. The van der Waals surface area contributed by atoms with Crippen LogP contribution in [0.25, 0.3) is 11.3 Å². The van der Waals surface area contributed by atoms with Crippen LogP contribution in [0.3, 0.4) is 0 Å². The number of rotatable bonds is 10. The highest BCUT2D eigenvalue weighted by molar-refractivity contribution is 6.32. The molecule has 174 valence electrons. The molecular weight excluding hydrogens is 448 g/mol. The van der Waals surface area contributed by atoms with Gasteiger partial charge in [-0.1, -0.05) is 23.7 Å². The SMILES string of the molecule is CC(C)Oc1ccc(NC(=O)c2cc(-c3ccc(OCCC(C)C(=O)O)cc3)on2)cc1Cl. The highest BCUT2D eigenvalue weighted by atomic mass is 35.5. The van der Waals surface area contributed by atoms with Crippen LogP contribution >= 0.6 is 11.6 Å². The zero-order valence-electron chi connectivity index (χ0n) is 18.5. The molecule has 0 radical (unpaired) electrons. The van der Waals surface area contributed by atoms with Crippen LogP contribution in [0.4, 0.5) is 5.69 Å². The van der Waals surface area contributed by atoms with Gasteiger partial charge in [-0.15, -0.1) is 0 Å². The number of ether oxygens (including phenoxy) is 2. The van der Waals surface area contributed by atoms with Gasteiger partial charge in [-0.25, -0.2) is 0 Å². The predicted molar refractivity (Wildman–Crippen MR) is 124 cm³/mol. The van der Waals surface area contributed by atoms with Crippen LogP contribution in [0.5, 0.6) is 11.5 Å². The summed E-state index contributed by atoms with van der Waals surface area (Å²) in [4.78, 5) is 23.4. The third kappa shape index (κ3) is 6.73. The number of halogens is 1. The maximum Gasteiger partial charge on any atom is 0.306 e. The molecule has 1 unspecified atom stereocenters. The van der Waals surface area contributed by atoms with Crippen molar-refractivity contribution in [3.05, 3.63) is 59.2 Å². The van der Waals surface area contributed by atoms with Crippen molar-refractivity contribution in [2.75, 3.05) is 11.9 Å². The van der Waals surface area contributed by atoms with Crippen LogP contribution in [0.1, 0.15) is 37.7 Å². The molecule has 8 nitrogen and oxygen atoms in total. The van der Waals surface area contributed by atoms with E-state index in [1.807, 2.05) is 13.8 Å². The number of hydrogen-bond acceptors (Lipinski definition) is 6. The minimum Gasteiger partial charge on any atom is -0.494 e. The molecule has 0 fully saturated rings. The quantitative estimate of drug-likeness (QED) is 0.399. The fourth-order valence-corrected chi connectivity index (χ4v) is 3.06. The number of nitrogens with one attached hydrogen (secondary N) is 1. The summed E-state index contributed by atoms with van der Waals surface area (Å²) in [6.07, 6.45) is 0.397. The molecule has 0 bridgehead atoms. The topological polar surface area (TPSA) is 111 Å². The maximum atomic E-state index is 12.5. The van der Waals surface area contributed by atoms with E-state index in [4.69, 9.17) is 30.7 Å².